The quantitative estimate of drug-likeness (QED) is 0.291. The predicted octanol–water partition coefficient (Wildman–Crippen LogP) is 1.41. The molecule has 0 aliphatic rings. The van der Waals surface area contributed by atoms with Gasteiger partial charge in [0, 0.05) is 0 Å². The van der Waals surface area contributed by atoms with Crippen LogP contribution in [0.5, 0.6) is 5.75 Å². The molecule has 0 saturated heterocycles. The second kappa shape index (κ2) is 6.10. The number of amidine groups is 1. The van der Waals surface area contributed by atoms with Crippen molar-refractivity contribution in [2.45, 2.75) is 6.92 Å². The lowest BCUT2D eigenvalue weighted by atomic mass is 10.1. The van der Waals surface area contributed by atoms with Crippen LogP contribution in [0.4, 0.5) is 0 Å². The van der Waals surface area contributed by atoms with E-state index >= 15 is 0 Å². The van der Waals surface area contributed by atoms with E-state index in [1.54, 1.807) is 12.1 Å². The van der Waals surface area contributed by atoms with Crippen LogP contribution in [0, 0.1) is 6.92 Å². The highest BCUT2D eigenvalue weighted by Crippen LogP contribution is 2.19. The Hall–Kier alpha value is -1.75. The molecule has 5 nitrogen and oxygen atoms in total. The molecular weight excluding hydrogens is 244 g/mol. The van der Waals surface area contributed by atoms with Gasteiger partial charge in [0.25, 0.3) is 0 Å². The van der Waals surface area contributed by atoms with Crippen LogP contribution in [-0.2, 0) is 9.63 Å². The van der Waals surface area contributed by atoms with E-state index in [4.69, 9.17) is 22.1 Å². The summed E-state index contributed by atoms with van der Waals surface area (Å²) in [5.41, 5.74) is 7.25. The van der Waals surface area contributed by atoms with Crippen LogP contribution in [-0.4, -0.2) is 24.8 Å². The molecule has 0 aromatic heterocycles. The lowest BCUT2D eigenvalue weighted by Gasteiger charge is -2.08. The molecule has 1 aromatic rings. The van der Waals surface area contributed by atoms with E-state index in [9.17, 15) is 4.79 Å². The first-order chi connectivity index (χ1) is 8.08. The molecule has 92 valence electrons. The van der Waals surface area contributed by atoms with E-state index in [1.807, 2.05) is 13.0 Å². The van der Waals surface area contributed by atoms with E-state index in [0.29, 0.717) is 11.3 Å². The van der Waals surface area contributed by atoms with Crippen molar-refractivity contribution in [2.75, 3.05) is 13.0 Å². The SMILES string of the molecule is COc1ccc(C)cc1/C(N)=N/OC(=O)CCl. The van der Waals surface area contributed by atoms with E-state index in [1.165, 1.54) is 7.11 Å². The number of nitrogens with zero attached hydrogens (tertiary/aromatic N) is 1. The maximum atomic E-state index is 10.8. The van der Waals surface area contributed by atoms with Crippen LogP contribution in [0.25, 0.3) is 0 Å². The second-order valence-electron chi connectivity index (χ2n) is 3.28. The first-order valence-corrected chi connectivity index (χ1v) is 5.36. The van der Waals surface area contributed by atoms with Crippen molar-refractivity contribution < 1.29 is 14.4 Å². The minimum atomic E-state index is -0.666. The number of oxime groups is 1. The summed E-state index contributed by atoms with van der Waals surface area (Å²) in [5.74, 6) is -0.328. The fourth-order valence-corrected chi connectivity index (χ4v) is 1.24. The molecule has 0 atom stereocenters. The molecule has 0 bridgehead atoms. The largest absolute Gasteiger partial charge is 0.496 e. The maximum absolute atomic E-state index is 10.8. The van der Waals surface area contributed by atoms with Gasteiger partial charge in [-0.2, -0.15) is 0 Å². The van der Waals surface area contributed by atoms with Crippen LogP contribution >= 0.6 is 11.6 Å². The molecule has 1 aromatic carbocycles. The summed E-state index contributed by atoms with van der Waals surface area (Å²) in [6.45, 7) is 1.90. The highest BCUT2D eigenvalue weighted by atomic mass is 35.5. The number of halogens is 1. The van der Waals surface area contributed by atoms with Crippen molar-refractivity contribution in [3.8, 4) is 5.75 Å². The number of aryl methyl sites for hydroxylation is 1. The topological polar surface area (TPSA) is 73.9 Å². The molecule has 0 fully saturated rings. The average molecular weight is 257 g/mol. The van der Waals surface area contributed by atoms with Crippen molar-refractivity contribution in [1.29, 1.82) is 0 Å². The standard InChI is InChI=1S/C11H13ClN2O3/c1-7-3-4-9(16-2)8(5-7)11(13)14-17-10(15)6-12/h3-5H,6H2,1-2H3,(H2,13,14). The van der Waals surface area contributed by atoms with Crippen molar-refractivity contribution in [3.63, 3.8) is 0 Å². The Bertz CT molecular complexity index is 446. The number of alkyl halides is 1. The van der Waals surface area contributed by atoms with E-state index in [2.05, 4.69) is 9.99 Å². The van der Waals surface area contributed by atoms with Gasteiger partial charge in [0.1, 0.15) is 11.6 Å². The van der Waals surface area contributed by atoms with Gasteiger partial charge in [0.2, 0.25) is 0 Å². The van der Waals surface area contributed by atoms with Crippen LogP contribution in [0.15, 0.2) is 23.4 Å². The minimum Gasteiger partial charge on any atom is -0.496 e. The number of benzene rings is 1. The normalized spacial score (nSPS) is 11.1. The summed E-state index contributed by atoms with van der Waals surface area (Å²) >= 11 is 5.26. The molecule has 17 heavy (non-hydrogen) atoms. The molecule has 0 aliphatic carbocycles. The van der Waals surface area contributed by atoms with E-state index < -0.39 is 5.97 Å². The Labute approximate surface area is 104 Å². The number of hydrogen-bond donors (Lipinski definition) is 1. The Kier molecular flexibility index (Phi) is 4.78. The Morgan fingerprint density at radius 3 is 2.82 bits per heavy atom. The van der Waals surface area contributed by atoms with E-state index in [-0.39, 0.29) is 11.7 Å². The average Bonchev–Trinajstić information content (AvgIpc) is 2.35. The second-order valence-corrected chi connectivity index (χ2v) is 3.54. The van der Waals surface area contributed by atoms with Crippen LogP contribution in [0.2, 0.25) is 0 Å². The molecule has 0 radical (unpaired) electrons. The molecule has 2 N–H and O–H groups in total. The number of hydrogen-bond acceptors (Lipinski definition) is 4. The van der Waals surface area contributed by atoms with Crippen LogP contribution in [0.3, 0.4) is 0 Å². The van der Waals surface area contributed by atoms with Gasteiger partial charge >= 0.3 is 5.97 Å². The summed E-state index contributed by atoms with van der Waals surface area (Å²) in [4.78, 5) is 15.3. The molecule has 0 spiro atoms. The number of carbonyl (C=O) groups excluding carboxylic acids is 1. The molecule has 0 aliphatic heterocycles. The summed E-state index contributed by atoms with van der Waals surface area (Å²) in [7, 11) is 1.52. The predicted molar refractivity (Wildman–Crippen MR) is 65.3 cm³/mol. The smallest absolute Gasteiger partial charge is 0.349 e. The lowest BCUT2D eigenvalue weighted by Crippen LogP contribution is -2.16. The third-order valence-corrected chi connectivity index (χ3v) is 2.20. The fourth-order valence-electron chi connectivity index (χ4n) is 1.20. The van der Waals surface area contributed by atoms with Gasteiger partial charge in [-0.25, -0.2) is 4.79 Å². The van der Waals surface area contributed by atoms with Gasteiger partial charge in [-0.1, -0.05) is 16.8 Å². The molecule has 0 unspecified atom stereocenters. The maximum Gasteiger partial charge on any atom is 0.349 e. The summed E-state index contributed by atoms with van der Waals surface area (Å²) in [6.07, 6.45) is 0. The molecule has 0 heterocycles. The fraction of sp³-hybridized carbons (Fsp3) is 0.273. The van der Waals surface area contributed by atoms with Crippen molar-refractivity contribution in [1.82, 2.24) is 0 Å². The summed E-state index contributed by atoms with van der Waals surface area (Å²) in [6, 6.07) is 5.42. The van der Waals surface area contributed by atoms with Gasteiger partial charge in [-0.15, -0.1) is 11.6 Å². The van der Waals surface area contributed by atoms with Crippen molar-refractivity contribution >= 4 is 23.4 Å². The monoisotopic (exact) mass is 256 g/mol. The summed E-state index contributed by atoms with van der Waals surface area (Å²) in [5, 5.41) is 3.50. The first-order valence-electron chi connectivity index (χ1n) is 4.82. The molecule has 6 heteroatoms. The van der Waals surface area contributed by atoms with Crippen molar-refractivity contribution in [3.05, 3.63) is 29.3 Å². The van der Waals surface area contributed by atoms with Gasteiger partial charge in [-0.3, -0.25) is 0 Å². The van der Waals surface area contributed by atoms with E-state index in [0.717, 1.165) is 5.56 Å². The van der Waals surface area contributed by atoms with Gasteiger partial charge < -0.3 is 15.3 Å². The Morgan fingerprint density at radius 2 is 2.24 bits per heavy atom. The van der Waals surface area contributed by atoms with Crippen LogP contribution < -0.4 is 10.5 Å². The number of methoxy groups -OCH3 is 1. The first kappa shape index (κ1) is 13.3. The highest BCUT2D eigenvalue weighted by Gasteiger charge is 2.09. The molecule has 0 saturated carbocycles. The minimum absolute atomic E-state index is 0.0593. The van der Waals surface area contributed by atoms with Gasteiger partial charge in [-0.05, 0) is 19.1 Å². The Morgan fingerprint density at radius 1 is 1.53 bits per heavy atom. The van der Waals surface area contributed by atoms with Gasteiger partial charge in [0.05, 0.1) is 12.7 Å². The highest BCUT2D eigenvalue weighted by molar-refractivity contribution is 6.26. The number of ether oxygens (including phenoxy) is 1. The molecule has 1 rings (SSSR count). The number of carbonyl (C=O) groups is 1. The summed E-state index contributed by atoms with van der Waals surface area (Å²) < 4.78 is 5.13. The zero-order valence-corrected chi connectivity index (χ0v) is 10.3. The number of rotatable bonds is 4. The number of nitrogens with two attached hydrogens (primary N) is 1. The van der Waals surface area contributed by atoms with Gasteiger partial charge in [0.15, 0.2) is 5.84 Å². The zero-order valence-electron chi connectivity index (χ0n) is 9.57. The third kappa shape index (κ3) is 3.64. The zero-order chi connectivity index (χ0) is 12.8. The Balaban J connectivity index is 2.97. The molecular formula is C11H13ClN2O3. The third-order valence-electron chi connectivity index (χ3n) is 1.99. The van der Waals surface area contributed by atoms with Crippen molar-refractivity contribution in [2.24, 2.45) is 10.9 Å². The van der Waals surface area contributed by atoms with Crippen LogP contribution in [0.1, 0.15) is 11.1 Å². The lowest BCUT2D eigenvalue weighted by molar-refractivity contribution is -0.140. The molecule has 0 amide bonds.